The molecular weight excluding hydrogens is 324 g/mol. The summed E-state index contributed by atoms with van der Waals surface area (Å²) in [4.78, 5) is 17.6. The molecule has 4 heteroatoms. The number of hydrogen-bond donors (Lipinski definition) is 1. The summed E-state index contributed by atoms with van der Waals surface area (Å²) in [6, 6.07) is 20.9. The molecule has 0 spiro atoms. The van der Waals surface area contributed by atoms with Crippen LogP contribution in [-0.4, -0.2) is 10.9 Å². The summed E-state index contributed by atoms with van der Waals surface area (Å²) in [5, 5.41) is 3.81. The molecule has 4 nitrogen and oxygen atoms in total. The number of hydrogen-bond acceptors (Lipinski definition) is 3. The lowest BCUT2D eigenvalue weighted by Crippen LogP contribution is -2.13. The minimum absolute atomic E-state index is 0.162. The third kappa shape index (κ3) is 3.09. The van der Waals surface area contributed by atoms with E-state index in [0.717, 1.165) is 23.0 Å². The van der Waals surface area contributed by atoms with Gasteiger partial charge in [-0.25, -0.2) is 4.98 Å². The van der Waals surface area contributed by atoms with Crippen molar-refractivity contribution in [2.45, 2.75) is 13.3 Å². The van der Waals surface area contributed by atoms with Crippen LogP contribution in [-0.2, 0) is 6.42 Å². The van der Waals surface area contributed by atoms with Crippen LogP contribution in [0.2, 0.25) is 0 Å². The molecule has 0 saturated heterocycles. The largest absolute Gasteiger partial charge is 0.463 e. The molecule has 0 aliphatic heterocycles. The van der Waals surface area contributed by atoms with Crippen LogP contribution >= 0.6 is 0 Å². The Labute approximate surface area is 151 Å². The van der Waals surface area contributed by atoms with Gasteiger partial charge < -0.3 is 9.73 Å². The molecule has 2 heterocycles. The van der Waals surface area contributed by atoms with Crippen molar-refractivity contribution in [2.24, 2.45) is 0 Å². The molecule has 2 aromatic carbocycles. The summed E-state index contributed by atoms with van der Waals surface area (Å²) >= 11 is 0. The third-order valence-electron chi connectivity index (χ3n) is 4.33. The van der Waals surface area contributed by atoms with Crippen molar-refractivity contribution in [1.82, 2.24) is 4.98 Å². The van der Waals surface area contributed by atoms with Crippen LogP contribution in [0.4, 0.5) is 5.69 Å². The normalized spacial score (nSPS) is 10.8. The maximum absolute atomic E-state index is 13.0. The zero-order chi connectivity index (χ0) is 17.9. The first-order valence-electron chi connectivity index (χ1n) is 8.58. The standard InChI is InChI=1S/C22H18N2O2/c1-2-15-7-5-8-16(13-15)23-22(25)18-14-20(21-11-6-12-26-21)24-19-10-4-3-9-17(18)19/h3-14H,2H2,1H3,(H,23,25). The Balaban J connectivity index is 1.77. The molecule has 0 fully saturated rings. The van der Waals surface area contributed by atoms with E-state index >= 15 is 0 Å². The number of para-hydroxylation sites is 1. The van der Waals surface area contributed by atoms with Gasteiger partial charge in [-0.15, -0.1) is 0 Å². The van der Waals surface area contributed by atoms with Gasteiger partial charge in [0.2, 0.25) is 0 Å². The number of furan rings is 1. The fourth-order valence-electron chi connectivity index (χ4n) is 2.98. The van der Waals surface area contributed by atoms with Gasteiger partial charge in [0.1, 0.15) is 5.69 Å². The minimum Gasteiger partial charge on any atom is -0.463 e. The highest BCUT2D eigenvalue weighted by atomic mass is 16.3. The van der Waals surface area contributed by atoms with Gasteiger partial charge in [0.25, 0.3) is 5.91 Å². The van der Waals surface area contributed by atoms with E-state index in [1.165, 1.54) is 5.56 Å². The van der Waals surface area contributed by atoms with Crippen LogP contribution in [0.15, 0.2) is 77.4 Å². The highest BCUT2D eigenvalue weighted by molar-refractivity contribution is 6.13. The summed E-state index contributed by atoms with van der Waals surface area (Å²) in [6.07, 6.45) is 2.52. The van der Waals surface area contributed by atoms with Crippen molar-refractivity contribution in [3.8, 4) is 11.5 Å². The van der Waals surface area contributed by atoms with Gasteiger partial charge in [-0.3, -0.25) is 4.79 Å². The second-order valence-electron chi connectivity index (χ2n) is 6.06. The number of anilines is 1. The molecule has 0 bridgehead atoms. The molecule has 0 aliphatic rings. The fraction of sp³-hybridized carbons (Fsp3) is 0.0909. The SMILES string of the molecule is CCc1cccc(NC(=O)c2cc(-c3ccco3)nc3ccccc23)c1. The summed E-state index contributed by atoms with van der Waals surface area (Å²) in [5.41, 5.74) is 3.94. The average molecular weight is 342 g/mol. The van der Waals surface area contributed by atoms with E-state index in [1.807, 2.05) is 60.7 Å². The Morgan fingerprint density at radius 1 is 1.04 bits per heavy atom. The first-order chi connectivity index (χ1) is 12.7. The van der Waals surface area contributed by atoms with E-state index in [2.05, 4.69) is 17.2 Å². The topological polar surface area (TPSA) is 55.1 Å². The molecular formula is C22H18N2O2. The summed E-state index contributed by atoms with van der Waals surface area (Å²) in [5.74, 6) is 0.474. The number of nitrogens with zero attached hydrogens (tertiary/aromatic N) is 1. The number of amides is 1. The summed E-state index contributed by atoms with van der Waals surface area (Å²) < 4.78 is 5.46. The van der Waals surface area contributed by atoms with Crippen LogP contribution in [0, 0.1) is 0 Å². The van der Waals surface area contributed by atoms with Crippen molar-refractivity contribution in [1.29, 1.82) is 0 Å². The van der Waals surface area contributed by atoms with Crippen molar-refractivity contribution in [3.63, 3.8) is 0 Å². The number of nitrogens with one attached hydrogen (secondary N) is 1. The molecule has 0 aliphatic carbocycles. The lowest BCUT2D eigenvalue weighted by atomic mass is 10.1. The molecule has 128 valence electrons. The molecule has 2 aromatic heterocycles. The number of aromatic nitrogens is 1. The number of pyridine rings is 1. The Kier molecular flexibility index (Phi) is 4.23. The maximum atomic E-state index is 13.0. The van der Waals surface area contributed by atoms with E-state index in [4.69, 9.17) is 4.42 Å². The van der Waals surface area contributed by atoms with E-state index in [1.54, 1.807) is 12.3 Å². The first kappa shape index (κ1) is 16.1. The van der Waals surface area contributed by atoms with Gasteiger partial charge >= 0.3 is 0 Å². The van der Waals surface area contributed by atoms with Crippen LogP contribution < -0.4 is 5.32 Å². The van der Waals surface area contributed by atoms with Gasteiger partial charge in [-0.1, -0.05) is 37.3 Å². The molecule has 4 rings (SSSR count). The predicted molar refractivity (Wildman–Crippen MR) is 103 cm³/mol. The Bertz CT molecular complexity index is 1070. The molecule has 0 radical (unpaired) electrons. The van der Waals surface area contributed by atoms with Crippen LogP contribution in [0.25, 0.3) is 22.4 Å². The van der Waals surface area contributed by atoms with Gasteiger partial charge in [0.15, 0.2) is 5.76 Å². The Morgan fingerprint density at radius 2 is 1.92 bits per heavy atom. The van der Waals surface area contributed by atoms with Gasteiger partial charge in [-0.05, 0) is 48.4 Å². The Morgan fingerprint density at radius 3 is 2.73 bits per heavy atom. The van der Waals surface area contributed by atoms with Gasteiger partial charge in [0.05, 0.1) is 17.3 Å². The lowest BCUT2D eigenvalue weighted by Gasteiger charge is -2.10. The second kappa shape index (κ2) is 6.84. The number of rotatable bonds is 4. The maximum Gasteiger partial charge on any atom is 0.256 e. The van der Waals surface area contributed by atoms with Crippen molar-refractivity contribution in [3.05, 3.63) is 84.1 Å². The lowest BCUT2D eigenvalue weighted by molar-refractivity contribution is 0.102. The number of carbonyl (C=O) groups excluding carboxylic acids is 1. The fourth-order valence-corrected chi connectivity index (χ4v) is 2.98. The number of aryl methyl sites for hydroxylation is 1. The van der Waals surface area contributed by atoms with E-state index in [0.29, 0.717) is 17.0 Å². The molecule has 0 unspecified atom stereocenters. The predicted octanol–water partition coefficient (Wildman–Crippen LogP) is 5.31. The number of benzene rings is 2. The number of fused-ring (bicyclic) bond motifs is 1. The average Bonchev–Trinajstić information content (AvgIpc) is 3.22. The molecule has 0 saturated carbocycles. The monoisotopic (exact) mass is 342 g/mol. The zero-order valence-electron chi connectivity index (χ0n) is 14.4. The van der Waals surface area contributed by atoms with Gasteiger partial charge in [-0.2, -0.15) is 0 Å². The first-order valence-corrected chi connectivity index (χ1v) is 8.58. The summed E-state index contributed by atoms with van der Waals surface area (Å²) in [6.45, 7) is 2.09. The van der Waals surface area contributed by atoms with E-state index in [-0.39, 0.29) is 5.91 Å². The van der Waals surface area contributed by atoms with Crippen LogP contribution in [0.5, 0.6) is 0 Å². The highest BCUT2D eigenvalue weighted by Crippen LogP contribution is 2.26. The van der Waals surface area contributed by atoms with Crippen LogP contribution in [0.3, 0.4) is 0 Å². The second-order valence-corrected chi connectivity index (χ2v) is 6.06. The van der Waals surface area contributed by atoms with E-state index in [9.17, 15) is 4.79 Å². The quantitative estimate of drug-likeness (QED) is 0.547. The zero-order valence-corrected chi connectivity index (χ0v) is 14.4. The molecule has 0 atom stereocenters. The smallest absolute Gasteiger partial charge is 0.256 e. The third-order valence-corrected chi connectivity index (χ3v) is 4.33. The highest BCUT2D eigenvalue weighted by Gasteiger charge is 2.15. The van der Waals surface area contributed by atoms with Crippen LogP contribution in [0.1, 0.15) is 22.8 Å². The van der Waals surface area contributed by atoms with Gasteiger partial charge in [0, 0.05) is 11.1 Å². The van der Waals surface area contributed by atoms with Crippen molar-refractivity contribution < 1.29 is 9.21 Å². The minimum atomic E-state index is -0.162. The Hall–Kier alpha value is -3.40. The van der Waals surface area contributed by atoms with Crippen molar-refractivity contribution in [2.75, 3.05) is 5.32 Å². The molecule has 4 aromatic rings. The number of carbonyl (C=O) groups is 1. The summed E-state index contributed by atoms with van der Waals surface area (Å²) in [7, 11) is 0. The van der Waals surface area contributed by atoms with Crippen molar-refractivity contribution >= 4 is 22.5 Å². The molecule has 26 heavy (non-hydrogen) atoms. The van der Waals surface area contributed by atoms with E-state index < -0.39 is 0 Å². The molecule has 1 N–H and O–H groups in total. The molecule has 1 amide bonds.